The lowest BCUT2D eigenvalue weighted by Gasteiger charge is -2.11. The van der Waals surface area contributed by atoms with E-state index in [9.17, 15) is 23.2 Å². The number of carbonyl (C=O) groups excluding carboxylic acids is 3. The van der Waals surface area contributed by atoms with Crippen molar-refractivity contribution in [2.24, 2.45) is 5.73 Å². The Balaban J connectivity index is 1.77. The third-order valence-electron chi connectivity index (χ3n) is 4.71. The molecule has 0 aliphatic carbocycles. The van der Waals surface area contributed by atoms with Crippen LogP contribution in [-0.2, 0) is 10.1 Å². The first kappa shape index (κ1) is 23.7. The van der Waals surface area contributed by atoms with Gasteiger partial charge >= 0.3 is 11.4 Å². The van der Waals surface area contributed by atoms with Gasteiger partial charge in [-0.1, -0.05) is 6.07 Å². The molecule has 0 radical (unpaired) electrons. The SMILES string of the molecule is COC(=O)c1sc(NC(=O)c2cc3nc(-c4cccs4)cc(C(F)(F)Cl)n3n2)c(C(N)=O)c1C. The number of esters is 1. The monoisotopic (exact) mass is 525 g/mol. The van der Waals surface area contributed by atoms with E-state index in [0.717, 1.165) is 21.9 Å². The van der Waals surface area contributed by atoms with Gasteiger partial charge in [0.25, 0.3) is 11.8 Å². The fourth-order valence-electron chi connectivity index (χ4n) is 3.19. The van der Waals surface area contributed by atoms with E-state index in [0.29, 0.717) is 4.88 Å². The molecule has 0 fully saturated rings. The van der Waals surface area contributed by atoms with Crippen molar-refractivity contribution >= 4 is 62.7 Å². The van der Waals surface area contributed by atoms with Crippen LogP contribution in [0.25, 0.3) is 16.2 Å². The highest BCUT2D eigenvalue weighted by Crippen LogP contribution is 2.36. The van der Waals surface area contributed by atoms with Gasteiger partial charge in [-0.3, -0.25) is 9.59 Å². The van der Waals surface area contributed by atoms with Crippen molar-refractivity contribution in [2.75, 3.05) is 12.4 Å². The van der Waals surface area contributed by atoms with Crippen LogP contribution in [0.2, 0.25) is 0 Å². The molecule has 4 heterocycles. The minimum atomic E-state index is -3.80. The first-order valence-electron chi connectivity index (χ1n) is 9.36. The molecule has 0 atom stereocenters. The van der Waals surface area contributed by atoms with Crippen LogP contribution in [0.4, 0.5) is 13.8 Å². The number of nitrogens with two attached hydrogens (primary N) is 1. The number of nitrogens with zero attached hydrogens (tertiary/aromatic N) is 3. The second-order valence-corrected chi connectivity index (χ2v) is 9.31. The van der Waals surface area contributed by atoms with E-state index in [4.69, 9.17) is 17.3 Å². The molecule has 0 aromatic carbocycles. The van der Waals surface area contributed by atoms with Crippen LogP contribution in [0.1, 0.15) is 41.8 Å². The summed E-state index contributed by atoms with van der Waals surface area (Å²) in [5.41, 5.74) is 4.81. The maximum atomic E-state index is 14.1. The number of amides is 2. The minimum Gasteiger partial charge on any atom is -0.465 e. The Morgan fingerprint density at radius 3 is 2.62 bits per heavy atom. The average molecular weight is 526 g/mol. The van der Waals surface area contributed by atoms with Crippen molar-refractivity contribution in [1.29, 1.82) is 0 Å². The Morgan fingerprint density at radius 2 is 2.03 bits per heavy atom. The summed E-state index contributed by atoms with van der Waals surface area (Å²) in [6, 6.07) is 5.73. The standard InChI is InChI=1S/C20H14ClF2N5O4S2/c1-8-14(16(24)29)18(34-15(8)19(31)32-2)26-17(30)10-7-13-25-9(11-4-3-5-33-11)6-12(20(21,22)23)28(13)27-10/h3-7H,1-2H3,(H2,24,29)(H,26,30). The molecule has 0 spiro atoms. The number of fused-ring (bicyclic) bond motifs is 1. The number of halogens is 3. The molecule has 4 aromatic heterocycles. The molecule has 34 heavy (non-hydrogen) atoms. The molecule has 14 heteroatoms. The van der Waals surface area contributed by atoms with E-state index < -0.39 is 28.9 Å². The molecule has 3 N–H and O–H groups in total. The predicted molar refractivity (Wildman–Crippen MR) is 123 cm³/mol. The van der Waals surface area contributed by atoms with Crippen molar-refractivity contribution in [1.82, 2.24) is 14.6 Å². The second-order valence-electron chi connectivity index (χ2n) is 6.87. The van der Waals surface area contributed by atoms with Crippen molar-refractivity contribution in [3.05, 3.63) is 57.0 Å². The highest BCUT2D eigenvalue weighted by molar-refractivity contribution is 7.18. The number of hydrogen-bond donors (Lipinski definition) is 2. The van der Waals surface area contributed by atoms with Crippen LogP contribution >= 0.6 is 34.3 Å². The summed E-state index contributed by atoms with van der Waals surface area (Å²) in [6.45, 7) is 1.48. The summed E-state index contributed by atoms with van der Waals surface area (Å²) < 4.78 is 33.7. The maximum Gasteiger partial charge on any atom is 0.364 e. The number of hydrogen-bond acceptors (Lipinski definition) is 8. The van der Waals surface area contributed by atoms with Gasteiger partial charge in [-0.25, -0.2) is 14.3 Å². The lowest BCUT2D eigenvalue weighted by molar-refractivity contribution is 0.0605. The molecule has 9 nitrogen and oxygen atoms in total. The van der Waals surface area contributed by atoms with Crippen LogP contribution in [-0.4, -0.2) is 39.5 Å². The summed E-state index contributed by atoms with van der Waals surface area (Å²) in [5, 5.41) is 4.34. The molecular formula is C20H14ClF2N5O4S2. The molecule has 4 rings (SSSR count). The van der Waals surface area contributed by atoms with Gasteiger partial charge in [0.1, 0.15) is 15.6 Å². The van der Waals surface area contributed by atoms with Gasteiger partial charge in [-0.15, -0.1) is 22.7 Å². The number of methoxy groups -OCH3 is 1. The van der Waals surface area contributed by atoms with E-state index in [1.54, 1.807) is 17.5 Å². The van der Waals surface area contributed by atoms with Gasteiger partial charge in [-0.05, 0) is 41.6 Å². The second kappa shape index (κ2) is 8.74. The van der Waals surface area contributed by atoms with Crippen molar-refractivity contribution in [2.45, 2.75) is 12.3 Å². The molecule has 4 aromatic rings. The van der Waals surface area contributed by atoms with E-state index >= 15 is 0 Å². The van der Waals surface area contributed by atoms with Gasteiger partial charge in [0.2, 0.25) is 0 Å². The molecule has 0 unspecified atom stereocenters. The first-order valence-corrected chi connectivity index (χ1v) is 11.4. The molecule has 176 valence electrons. The zero-order valence-electron chi connectivity index (χ0n) is 17.4. The third kappa shape index (κ3) is 4.24. The van der Waals surface area contributed by atoms with Crippen LogP contribution in [0.5, 0.6) is 0 Å². The number of aromatic nitrogens is 3. The number of anilines is 1. The van der Waals surface area contributed by atoms with Gasteiger partial charge in [0, 0.05) is 6.07 Å². The third-order valence-corrected chi connectivity index (χ3v) is 6.99. The number of rotatable bonds is 6. The first-order chi connectivity index (χ1) is 16.0. The fourth-order valence-corrected chi connectivity index (χ4v) is 5.14. The van der Waals surface area contributed by atoms with Crippen molar-refractivity contribution in [3.8, 4) is 10.6 Å². The number of ether oxygens (including phenoxy) is 1. The van der Waals surface area contributed by atoms with E-state index in [-0.39, 0.29) is 38.0 Å². The predicted octanol–water partition coefficient (Wildman–Crippen LogP) is 4.25. The maximum absolute atomic E-state index is 14.1. The van der Waals surface area contributed by atoms with Crippen LogP contribution in [0.3, 0.4) is 0 Å². The number of carbonyl (C=O) groups is 3. The van der Waals surface area contributed by atoms with Gasteiger partial charge in [0.15, 0.2) is 11.3 Å². The summed E-state index contributed by atoms with van der Waals surface area (Å²) in [5.74, 6) is -2.43. The Morgan fingerprint density at radius 1 is 1.29 bits per heavy atom. The number of alkyl halides is 3. The van der Waals surface area contributed by atoms with Crippen LogP contribution in [0, 0.1) is 6.92 Å². The lowest BCUT2D eigenvalue weighted by Crippen LogP contribution is -2.18. The molecule has 0 bridgehead atoms. The van der Waals surface area contributed by atoms with E-state index in [1.165, 1.54) is 31.4 Å². The molecule has 0 saturated carbocycles. The van der Waals surface area contributed by atoms with Gasteiger partial charge < -0.3 is 15.8 Å². The van der Waals surface area contributed by atoms with Gasteiger partial charge in [-0.2, -0.15) is 13.9 Å². The highest BCUT2D eigenvalue weighted by atomic mass is 35.5. The topological polar surface area (TPSA) is 129 Å². The average Bonchev–Trinajstić information content (AvgIpc) is 3.50. The molecule has 0 aliphatic heterocycles. The smallest absolute Gasteiger partial charge is 0.364 e. The highest BCUT2D eigenvalue weighted by Gasteiger charge is 2.34. The number of primary amides is 1. The van der Waals surface area contributed by atoms with Crippen molar-refractivity contribution < 1.29 is 27.9 Å². The molecular weight excluding hydrogens is 512 g/mol. The normalized spacial score (nSPS) is 11.6. The largest absolute Gasteiger partial charge is 0.465 e. The number of thiophene rings is 2. The summed E-state index contributed by atoms with van der Waals surface area (Å²) in [4.78, 5) is 41.8. The molecule has 0 aliphatic rings. The van der Waals surface area contributed by atoms with E-state index in [1.807, 2.05) is 0 Å². The van der Waals surface area contributed by atoms with Crippen molar-refractivity contribution in [3.63, 3.8) is 0 Å². The summed E-state index contributed by atoms with van der Waals surface area (Å²) in [7, 11) is 1.17. The molecule has 0 saturated heterocycles. The Hall–Kier alpha value is -3.42. The Bertz CT molecular complexity index is 1440. The fraction of sp³-hybridized carbons (Fsp3) is 0.150. The number of nitrogens with one attached hydrogen (secondary N) is 1. The van der Waals surface area contributed by atoms with Crippen LogP contribution < -0.4 is 11.1 Å². The molecule has 2 amide bonds. The zero-order valence-corrected chi connectivity index (χ0v) is 19.8. The zero-order chi connectivity index (χ0) is 24.8. The minimum absolute atomic E-state index is 0.0115. The van der Waals surface area contributed by atoms with E-state index in [2.05, 4.69) is 20.1 Å². The lowest BCUT2D eigenvalue weighted by atomic mass is 10.1. The van der Waals surface area contributed by atoms with Crippen LogP contribution in [0.15, 0.2) is 29.6 Å². The Kier molecular flexibility index (Phi) is 6.10. The Labute approximate surface area is 203 Å². The quantitative estimate of drug-likeness (QED) is 0.286. The summed E-state index contributed by atoms with van der Waals surface area (Å²) in [6.07, 6.45) is 0. The summed E-state index contributed by atoms with van der Waals surface area (Å²) >= 11 is 7.38. The van der Waals surface area contributed by atoms with Gasteiger partial charge in [0.05, 0.1) is 23.2 Å².